The van der Waals surface area contributed by atoms with E-state index in [0.717, 1.165) is 56.9 Å². The van der Waals surface area contributed by atoms with Crippen molar-refractivity contribution in [2.24, 2.45) is 0 Å². The fourth-order valence-electron chi connectivity index (χ4n) is 4.17. The maximum Gasteiger partial charge on any atom is 0.327 e. The van der Waals surface area contributed by atoms with E-state index in [1.54, 1.807) is 9.80 Å². The van der Waals surface area contributed by atoms with Crippen LogP contribution in [-0.4, -0.2) is 58.4 Å². The zero-order valence-corrected chi connectivity index (χ0v) is 14.4. The third-order valence-electron chi connectivity index (χ3n) is 5.47. The van der Waals surface area contributed by atoms with E-state index in [1.165, 1.54) is 5.56 Å². The number of urea groups is 1. The molecule has 0 saturated carbocycles. The van der Waals surface area contributed by atoms with Gasteiger partial charge in [0.15, 0.2) is 0 Å². The molecule has 1 aromatic carbocycles. The summed E-state index contributed by atoms with van der Waals surface area (Å²) in [6, 6.07) is 7.77. The first kappa shape index (κ1) is 15.9. The van der Waals surface area contributed by atoms with Crippen molar-refractivity contribution in [3.63, 3.8) is 0 Å². The molecule has 6 heteroatoms. The molecule has 0 spiro atoms. The molecule has 4 rings (SSSR count). The number of rotatable bonds is 3. The Morgan fingerprint density at radius 2 is 1.71 bits per heavy atom. The molecule has 3 amide bonds. The Kier molecular flexibility index (Phi) is 4.22. The van der Waals surface area contributed by atoms with Gasteiger partial charge >= 0.3 is 6.03 Å². The Bertz CT molecular complexity index is 618. The molecule has 3 aliphatic rings. The van der Waals surface area contributed by atoms with Gasteiger partial charge in [-0.2, -0.15) is 0 Å². The Morgan fingerprint density at radius 1 is 1.00 bits per heavy atom. The third kappa shape index (κ3) is 2.80. The van der Waals surface area contributed by atoms with Crippen LogP contribution in [0.1, 0.15) is 31.2 Å². The second-order valence-corrected chi connectivity index (χ2v) is 7.41. The lowest BCUT2D eigenvalue weighted by molar-refractivity contribution is -0.130. The van der Waals surface area contributed by atoms with E-state index >= 15 is 0 Å². The molecule has 3 fully saturated rings. The average Bonchev–Trinajstić information content (AvgIpc) is 3.15. The van der Waals surface area contributed by atoms with Crippen molar-refractivity contribution in [3.8, 4) is 0 Å². The first-order valence-corrected chi connectivity index (χ1v) is 9.12. The molecule has 3 heterocycles. The van der Waals surface area contributed by atoms with Crippen LogP contribution < -0.4 is 0 Å². The molecule has 3 saturated heterocycles. The Balaban J connectivity index is 1.35. The number of amides is 3. The van der Waals surface area contributed by atoms with E-state index in [0.29, 0.717) is 0 Å². The van der Waals surface area contributed by atoms with E-state index in [4.69, 9.17) is 11.6 Å². The Hall–Kier alpha value is -1.59. The van der Waals surface area contributed by atoms with Crippen molar-refractivity contribution in [1.82, 2.24) is 14.7 Å². The van der Waals surface area contributed by atoms with Crippen molar-refractivity contribution in [2.75, 3.05) is 19.6 Å². The van der Waals surface area contributed by atoms with Crippen LogP contribution in [0.15, 0.2) is 24.3 Å². The maximum atomic E-state index is 12.5. The van der Waals surface area contributed by atoms with Gasteiger partial charge < -0.3 is 4.90 Å². The molecule has 0 aliphatic carbocycles. The van der Waals surface area contributed by atoms with Crippen LogP contribution in [0.2, 0.25) is 5.02 Å². The molecule has 3 aliphatic heterocycles. The summed E-state index contributed by atoms with van der Waals surface area (Å²) in [5.41, 5.74) is 1.24. The van der Waals surface area contributed by atoms with E-state index in [-0.39, 0.29) is 24.0 Å². The lowest BCUT2D eigenvalue weighted by atomic mass is 10.0. The van der Waals surface area contributed by atoms with Gasteiger partial charge in [0.25, 0.3) is 5.91 Å². The number of hydrogen-bond donors (Lipinski definition) is 0. The van der Waals surface area contributed by atoms with Gasteiger partial charge in [0.05, 0.1) is 0 Å². The third-order valence-corrected chi connectivity index (χ3v) is 5.72. The zero-order valence-electron chi connectivity index (χ0n) is 13.7. The van der Waals surface area contributed by atoms with E-state index in [1.807, 2.05) is 12.1 Å². The molecule has 24 heavy (non-hydrogen) atoms. The number of carbonyl (C=O) groups is 2. The van der Waals surface area contributed by atoms with E-state index in [9.17, 15) is 9.59 Å². The van der Waals surface area contributed by atoms with Gasteiger partial charge in [-0.25, -0.2) is 4.79 Å². The summed E-state index contributed by atoms with van der Waals surface area (Å²) in [7, 11) is 0. The van der Waals surface area contributed by atoms with Crippen LogP contribution in [-0.2, 0) is 11.3 Å². The van der Waals surface area contributed by atoms with Crippen molar-refractivity contribution >= 4 is 23.5 Å². The van der Waals surface area contributed by atoms with Gasteiger partial charge in [-0.3, -0.25) is 14.6 Å². The number of carbonyl (C=O) groups excluding carboxylic acids is 2. The summed E-state index contributed by atoms with van der Waals surface area (Å²) in [5, 5.41) is 0.754. The molecule has 5 nitrogen and oxygen atoms in total. The molecule has 1 aromatic rings. The van der Waals surface area contributed by atoms with Crippen LogP contribution in [0, 0.1) is 0 Å². The number of imide groups is 1. The quantitative estimate of drug-likeness (QED) is 0.790. The molecule has 0 N–H and O–H groups in total. The maximum absolute atomic E-state index is 12.5. The van der Waals surface area contributed by atoms with Gasteiger partial charge in [-0.15, -0.1) is 0 Å². The highest BCUT2D eigenvalue weighted by Crippen LogP contribution is 2.31. The normalized spacial score (nSPS) is 25.6. The smallest absolute Gasteiger partial charge is 0.312 e. The molecule has 1 atom stereocenters. The number of nitrogens with zero attached hydrogens (tertiary/aromatic N) is 3. The lowest BCUT2D eigenvalue weighted by Gasteiger charge is -2.35. The average molecular weight is 348 g/mol. The summed E-state index contributed by atoms with van der Waals surface area (Å²) in [5.74, 6) is 0.0358. The van der Waals surface area contributed by atoms with Crippen molar-refractivity contribution in [3.05, 3.63) is 34.9 Å². The predicted molar refractivity (Wildman–Crippen MR) is 91.7 cm³/mol. The SMILES string of the molecule is O=C1[C@H]2CCCN2C(=O)N1C1CCN(Cc2ccc(Cl)cc2)CC1. The van der Waals surface area contributed by atoms with E-state index in [2.05, 4.69) is 17.0 Å². The zero-order chi connectivity index (χ0) is 16.7. The minimum Gasteiger partial charge on any atom is -0.312 e. The fraction of sp³-hybridized carbons (Fsp3) is 0.556. The molecule has 0 unspecified atom stereocenters. The number of benzene rings is 1. The highest BCUT2D eigenvalue weighted by molar-refractivity contribution is 6.30. The largest absolute Gasteiger partial charge is 0.327 e. The van der Waals surface area contributed by atoms with Gasteiger partial charge in [-0.1, -0.05) is 23.7 Å². The fourth-order valence-corrected chi connectivity index (χ4v) is 4.29. The second-order valence-electron chi connectivity index (χ2n) is 6.98. The molecule has 128 valence electrons. The summed E-state index contributed by atoms with van der Waals surface area (Å²) < 4.78 is 0. The predicted octanol–water partition coefficient (Wildman–Crippen LogP) is 2.73. The van der Waals surface area contributed by atoms with Gasteiger partial charge in [-0.05, 0) is 43.4 Å². The molecular formula is C18H22ClN3O2. The topological polar surface area (TPSA) is 43.9 Å². The highest BCUT2D eigenvalue weighted by atomic mass is 35.5. The monoisotopic (exact) mass is 347 g/mol. The first-order chi connectivity index (χ1) is 11.6. The number of likely N-dealkylation sites (tertiary alicyclic amines) is 1. The summed E-state index contributed by atoms with van der Waals surface area (Å²) in [6.07, 6.45) is 3.52. The minimum absolute atomic E-state index is 0.0358. The Morgan fingerprint density at radius 3 is 2.38 bits per heavy atom. The number of halogens is 1. The minimum atomic E-state index is -0.176. The van der Waals surface area contributed by atoms with Crippen molar-refractivity contribution in [2.45, 2.75) is 44.3 Å². The van der Waals surface area contributed by atoms with Gasteiger partial charge in [0.2, 0.25) is 0 Å². The summed E-state index contributed by atoms with van der Waals surface area (Å²) in [4.78, 5) is 30.8. The number of piperidine rings is 1. The molecule has 0 bridgehead atoms. The standard InChI is InChI=1S/C18H22ClN3O2/c19-14-5-3-13(4-6-14)12-20-10-7-15(8-11-20)22-17(23)16-2-1-9-21(16)18(22)24/h3-6,15-16H,1-2,7-12H2/t16-/m1/s1. The van der Waals surface area contributed by atoms with Crippen molar-refractivity contribution < 1.29 is 9.59 Å². The van der Waals surface area contributed by atoms with Crippen LogP contribution in [0.3, 0.4) is 0 Å². The lowest BCUT2D eigenvalue weighted by Crippen LogP contribution is -2.48. The van der Waals surface area contributed by atoms with Gasteiger partial charge in [0, 0.05) is 37.2 Å². The van der Waals surface area contributed by atoms with Gasteiger partial charge in [0.1, 0.15) is 6.04 Å². The molecule has 0 radical (unpaired) electrons. The highest BCUT2D eigenvalue weighted by Gasteiger charge is 2.49. The Labute approximate surface area is 147 Å². The first-order valence-electron chi connectivity index (χ1n) is 8.74. The number of hydrogen-bond acceptors (Lipinski definition) is 3. The van der Waals surface area contributed by atoms with Crippen LogP contribution in [0.25, 0.3) is 0 Å². The van der Waals surface area contributed by atoms with Crippen molar-refractivity contribution in [1.29, 1.82) is 0 Å². The van der Waals surface area contributed by atoms with Crippen LogP contribution in [0.4, 0.5) is 4.79 Å². The molecular weight excluding hydrogens is 326 g/mol. The van der Waals surface area contributed by atoms with Crippen LogP contribution >= 0.6 is 11.6 Å². The summed E-state index contributed by atoms with van der Waals surface area (Å²) in [6.45, 7) is 3.45. The van der Waals surface area contributed by atoms with Crippen LogP contribution in [0.5, 0.6) is 0 Å². The number of fused-ring (bicyclic) bond motifs is 1. The van der Waals surface area contributed by atoms with E-state index < -0.39 is 0 Å². The second kappa shape index (κ2) is 6.37. The summed E-state index contributed by atoms with van der Waals surface area (Å²) >= 11 is 5.93. The molecule has 0 aromatic heterocycles.